The number of rotatable bonds is 3. The Labute approximate surface area is 103 Å². The molecule has 2 aromatic rings. The highest BCUT2D eigenvalue weighted by Gasteiger charge is 2.25. The number of hydrogen-bond acceptors (Lipinski definition) is 2. The maximum Gasteiger partial charge on any atom is 0.312 e. The summed E-state index contributed by atoms with van der Waals surface area (Å²) < 4.78 is 14.0. The number of carbonyl (C=O) groups is 1. The molecule has 17 heavy (non-hydrogen) atoms. The molecular formula is C13H13FO2S. The smallest absolute Gasteiger partial charge is 0.312 e. The van der Waals surface area contributed by atoms with Crippen molar-refractivity contribution in [2.45, 2.75) is 19.8 Å². The first-order valence-corrected chi connectivity index (χ1v) is 6.22. The first kappa shape index (κ1) is 12.0. The molecule has 0 bridgehead atoms. The summed E-state index contributed by atoms with van der Waals surface area (Å²) in [5.41, 5.74) is 0. The molecule has 1 aromatic carbocycles. The van der Waals surface area contributed by atoms with Gasteiger partial charge in [0.2, 0.25) is 0 Å². The maximum absolute atomic E-state index is 13.1. The first-order valence-electron chi connectivity index (χ1n) is 5.41. The average Bonchev–Trinajstić information content (AvgIpc) is 2.58. The molecule has 2 nitrogen and oxygen atoms in total. The van der Waals surface area contributed by atoms with Crippen LogP contribution in [0.5, 0.6) is 0 Å². The third-order valence-electron chi connectivity index (χ3n) is 2.74. The Morgan fingerprint density at radius 2 is 2.06 bits per heavy atom. The minimum Gasteiger partial charge on any atom is -0.481 e. The van der Waals surface area contributed by atoms with Crippen molar-refractivity contribution in [3.05, 3.63) is 35.0 Å². The summed E-state index contributed by atoms with van der Waals surface area (Å²) in [6.45, 7) is 3.76. The van der Waals surface area contributed by atoms with Crippen LogP contribution in [-0.2, 0) is 4.79 Å². The van der Waals surface area contributed by atoms with E-state index in [1.54, 1.807) is 12.1 Å². The Morgan fingerprint density at radius 3 is 2.65 bits per heavy atom. The standard InChI is InChI=1S/C13H13FO2S/c1-7(2)12(13(15)16)11-6-8-5-9(14)3-4-10(8)17-11/h3-7,12H,1-2H3,(H,15,16). The van der Waals surface area contributed by atoms with E-state index in [9.17, 15) is 14.3 Å². The lowest BCUT2D eigenvalue weighted by atomic mass is 9.94. The second-order valence-corrected chi connectivity index (χ2v) is 5.51. The number of thiophene rings is 1. The van der Waals surface area contributed by atoms with Gasteiger partial charge in [-0.1, -0.05) is 13.8 Å². The minimum atomic E-state index is -0.827. The van der Waals surface area contributed by atoms with Crippen LogP contribution < -0.4 is 0 Å². The van der Waals surface area contributed by atoms with E-state index in [4.69, 9.17) is 0 Å². The summed E-state index contributed by atoms with van der Waals surface area (Å²) in [7, 11) is 0. The molecule has 1 N–H and O–H groups in total. The zero-order valence-corrected chi connectivity index (χ0v) is 10.4. The van der Waals surface area contributed by atoms with E-state index < -0.39 is 11.9 Å². The van der Waals surface area contributed by atoms with Gasteiger partial charge in [0.05, 0.1) is 5.92 Å². The Kier molecular flexibility index (Phi) is 3.15. The number of fused-ring (bicyclic) bond motifs is 1. The van der Waals surface area contributed by atoms with Crippen LogP contribution >= 0.6 is 11.3 Å². The quantitative estimate of drug-likeness (QED) is 0.900. The van der Waals surface area contributed by atoms with Gasteiger partial charge in [-0.15, -0.1) is 11.3 Å². The second-order valence-electron chi connectivity index (χ2n) is 4.39. The number of hydrogen-bond donors (Lipinski definition) is 1. The molecule has 0 saturated carbocycles. The van der Waals surface area contributed by atoms with Crippen LogP contribution in [0.3, 0.4) is 0 Å². The topological polar surface area (TPSA) is 37.3 Å². The van der Waals surface area contributed by atoms with Crippen molar-refractivity contribution in [1.29, 1.82) is 0 Å². The van der Waals surface area contributed by atoms with E-state index in [0.717, 1.165) is 15.0 Å². The van der Waals surface area contributed by atoms with Crippen molar-refractivity contribution in [2.75, 3.05) is 0 Å². The summed E-state index contributed by atoms with van der Waals surface area (Å²) in [5.74, 6) is -1.62. The van der Waals surface area contributed by atoms with E-state index in [-0.39, 0.29) is 11.7 Å². The van der Waals surface area contributed by atoms with Crippen molar-refractivity contribution < 1.29 is 14.3 Å². The fraction of sp³-hybridized carbons (Fsp3) is 0.308. The third kappa shape index (κ3) is 2.31. The van der Waals surface area contributed by atoms with E-state index >= 15 is 0 Å². The first-order chi connectivity index (χ1) is 7.99. The minimum absolute atomic E-state index is 0.0189. The van der Waals surface area contributed by atoms with Gasteiger partial charge in [-0.25, -0.2) is 4.39 Å². The van der Waals surface area contributed by atoms with E-state index in [1.165, 1.54) is 23.5 Å². The van der Waals surface area contributed by atoms with Gasteiger partial charge in [0.15, 0.2) is 0 Å². The van der Waals surface area contributed by atoms with Gasteiger partial charge in [0.1, 0.15) is 5.82 Å². The van der Waals surface area contributed by atoms with Gasteiger partial charge in [0, 0.05) is 9.58 Å². The molecule has 0 radical (unpaired) electrons. The third-order valence-corrected chi connectivity index (χ3v) is 3.94. The Hall–Kier alpha value is -1.42. The predicted molar refractivity (Wildman–Crippen MR) is 67.0 cm³/mol. The van der Waals surface area contributed by atoms with Gasteiger partial charge in [-0.2, -0.15) is 0 Å². The monoisotopic (exact) mass is 252 g/mol. The Morgan fingerprint density at radius 1 is 1.35 bits per heavy atom. The summed E-state index contributed by atoms with van der Waals surface area (Å²) in [4.78, 5) is 12.0. The van der Waals surface area contributed by atoms with Crippen LogP contribution in [0.15, 0.2) is 24.3 Å². The Balaban J connectivity index is 2.51. The molecule has 0 aliphatic carbocycles. The highest BCUT2D eigenvalue weighted by Crippen LogP contribution is 2.35. The molecule has 0 spiro atoms. The van der Waals surface area contributed by atoms with E-state index in [1.807, 2.05) is 13.8 Å². The average molecular weight is 252 g/mol. The van der Waals surface area contributed by atoms with Crippen molar-refractivity contribution in [3.63, 3.8) is 0 Å². The largest absolute Gasteiger partial charge is 0.481 e. The normalized spacial score (nSPS) is 13.2. The van der Waals surface area contributed by atoms with Crippen LogP contribution in [0, 0.1) is 11.7 Å². The molecule has 0 aliphatic heterocycles. The van der Waals surface area contributed by atoms with Gasteiger partial charge in [0.25, 0.3) is 0 Å². The van der Waals surface area contributed by atoms with E-state index in [2.05, 4.69) is 0 Å². The fourth-order valence-corrected chi connectivity index (χ4v) is 3.23. The van der Waals surface area contributed by atoms with Crippen molar-refractivity contribution in [3.8, 4) is 0 Å². The van der Waals surface area contributed by atoms with E-state index in [0.29, 0.717) is 0 Å². The van der Waals surface area contributed by atoms with Crippen molar-refractivity contribution >= 4 is 27.4 Å². The van der Waals surface area contributed by atoms with Crippen LogP contribution in [-0.4, -0.2) is 11.1 Å². The van der Waals surface area contributed by atoms with Gasteiger partial charge >= 0.3 is 5.97 Å². The second kappa shape index (κ2) is 4.45. The number of halogens is 1. The molecule has 4 heteroatoms. The van der Waals surface area contributed by atoms with Gasteiger partial charge in [-0.05, 0) is 35.6 Å². The molecule has 2 rings (SSSR count). The summed E-state index contributed by atoms with van der Waals surface area (Å²) in [6.07, 6.45) is 0. The maximum atomic E-state index is 13.1. The van der Waals surface area contributed by atoms with Crippen LogP contribution in [0.4, 0.5) is 4.39 Å². The summed E-state index contributed by atoms with van der Waals surface area (Å²) in [5, 5.41) is 9.98. The highest BCUT2D eigenvalue weighted by atomic mass is 32.1. The lowest BCUT2D eigenvalue weighted by molar-refractivity contribution is -0.139. The summed E-state index contributed by atoms with van der Waals surface area (Å²) >= 11 is 1.42. The molecule has 0 amide bonds. The number of aliphatic carboxylic acids is 1. The van der Waals surface area contributed by atoms with Crippen molar-refractivity contribution in [1.82, 2.24) is 0 Å². The fourth-order valence-electron chi connectivity index (χ4n) is 1.92. The zero-order chi connectivity index (χ0) is 12.6. The molecule has 0 aliphatic rings. The van der Waals surface area contributed by atoms with Crippen LogP contribution in [0.25, 0.3) is 10.1 Å². The molecule has 0 saturated heterocycles. The number of carboxylic acids is 1. The predicted octanol–water partition coefficient (Wildman–Crippen LogP) is 3.86. The van der Waals surface area contributed by atoms with Crippen molar-refractivity contribution in [2.24, 2.45) is 5.92 Å². The molecular weight excluding hydrogens is 239 g/mol. The van der Waals surface area contributed by atoms with Crippen LogP contribution in [0.1, 0.15) is 24.6 Å². The van der Waals surface area contributed by atoms with Crippen LogP contribution in [0.2, 0.25) is 0 Å². The molecule has 1 atom stereocenters. The SMILES string of the molecule is CC(C)C(C(=O)O)c1cc2cc(F)ccc2s1. The number of benzene rings is 1. The highest BCUT2D eigenvalue weighted by molar-refractivity contribution is 7.19. The lowest BCUT2D eigenvalue weighted by Gasteiger charge is -2.13. The zero-order valence-electron chi connectivity index (χ0n) is 9.61. The molecule has 1 heterocycles. The summed E-state index contributed by atoms with van der Waals surface area (Å²) in [6, 6.07) is 6.31. The molecule has 0 fully saturated rings. The molecule has 1 aromatic heterocycles. The lowest BCUT2D eigenvalue weighted by Crippen LogP contribution is -2.16. The molecule has 1 unspecified atom stereocenters. The Bertz CT molecular complexity index is 560. The molecule has 90 valence electrons. The van der Waals surface area contributed by atoms with Gasteiger partial charge < -0.3 is 5.11 Å². The number of carboxylic acid groups (broad SMARTS) is 1. The van der Waals surface area contributed by atoms with Gasteiger partial charge in [-0.3, -0.25) is 4.79 Å².